The van der Waals surface area contributed by atoms with Crippen LogP contribution < -0.4 is 4.18 Å². The fraction of sp³-hybridized carbons (Fsp3) is 0. The molecule has 0 amide bonds. The molecule has 0 saturated carbocycles. The first-order valence-corrected chi connectivity index (χ1v) is 7.18. The molecule has 1 aromatic rings. The van der Waals surface area contributed by atoms with Crippen molar-refractivity contribution in [1.82, 2.24) is 0 Å². The van der Waals surface area contributed by atoms with E-state index in [-0.39, 0.29) is 14.6 Å². The molecule has 0 radical (unpaired) electrons. The second-order valence-electron chi connectivity index (χ2n) is 1.77. The summed E-state index contributed by atoms with van der Waals surface area (Å²) >= 11 is 15.2. The minimum atomic E-state index is -4.10. The number of halogens is 4. The maximum atomic E-state index is 10.5. The smallest absolute Gasteiger partial charge is 0.367 e. The van der Waals surface area contributed by atoms with Crippen molar-refractivity contribution in [2.45, 2.75) is 0 Å². The largest absolute Gasteiger partial charge is 0.401 e. The fourth-order valence-electron chi connectivity index (χ4n) is 0.514. The summed E-state index contributed by atoms with van der Waals surface area (Å²) in [5.74, 6) is -0.0910. The molecule has 13 heavy (non-hydrogen) atoms. The second-order valence-corrected chi connectivity index (χ2v) is 6.87. The van der Waals surface area contributed by atoms with Crippen LogP contribution in [-0.4, -0.2) is 8.42 Å². The van der Waals surface area contributed by atoms with Gasteiger partial charge in [-0.05, 0) is 15.9 Å². The standard InChI is InChI=1S/C4BrCl3O3S2/c5-1-2(11-13(8,9)10)4(7)12-3(1)6. The van der Waals surface area contributed by atoms with Gasteiger partial charge >= 0.3 is 9.33 Å². The van der Waals surface area contributed by atoms with E-state index < -0.39 is 9.33 Å². The van der Waals surface area contributed by atoms with E-state index in [1.807, 2.05) is 0 Å². The lowest BCUT2D eigenvalue weighted by molar-refractivity contribution is 0.503. The van der Waals surface area contributed by atoms with Gasteiger partial charge in [0, 0.05) is 0 Å². The Hall–Kier alpha value is 0.800. The molecule has 1 rings (SSSR count). The highest BCUT2D eigenvalue weighted by molar-refractivity contribution is 9.10. The lowest BCUT2D eigenvalue weighted by Crippen LogP contribution is -1.99. The molecule has 0 fully saturated rings. The Morgan fingerprint density at radius 2 is 1.85 bits per heavy atom. The van der Waals surface area contributed by atoms with E-state index in [4.69, 9.17) is 33.9 Å². The minimum absolute atomic E-state index is 0.0910. The third-order valence-corrected chi connectivity index (χ3v) is 4.29. The summed E-state index contributed by atoms with van der Waals surface area (Å²) in [4.78, 5) is 0. The van der Waals surface area contributed by atoms with Crippen molar-refractivity contribution in [2.75, 3.05) is 0 Å². The van der Waals surface area contributed by atoms with Gasteiger partial charge < -0.3 is 4.18 Å². The van der Waals surface area contributed by atoms with Gasteiger partial charge in [0.05, 0.1) is 15.2 Å². The van der Waals surface area contributed by atoms with Crippen LogP contribution in [0.15, 0.2) is 4.47 Å². The highest BCUT2D eigenvalue weighted by Gasteiger charge is 2.20. The normalized spacial score (nSPS) is 11.7. The Morgan fingerprint density at radius 1 is 1.31 bits per heavy atom. The first-order valence-electron chi connectivity index (χ1n) is 2.58. The maximum absolute atomic E-state index is 10.5. The van der Waals surface area contributed by atoms with E-state index >= 15 is 0 Å². The summed E-state index contributed by atoms with van der Waals surface area (Å²) in [5.41, 5.74) is 0. The third kappa shape index (κ3) is 3.14. The van der Waals surface area contributed by atoms with E-state index in [2.05, 4.69) is 20.1 Å². The van der Waals surface area contributed by atoms with Crippen LogP contribution in [0.3, 0.4) is 0 Å². The number of hydrogen-bond donors (Lipinski definition) is 0. The second kappa shape index (κ2) is 4.12. The molecule has 0 aliphatic carbocycles. The monoisotopic (exact) mass is 344 g/mol. The molecule has 0 aliphatic rings. The molecule has 1 heterocycles. The van der Waals surface area contributed by atoms with Crippen molar-refractivity contribution in [3.05, 3.63) is 13.1 Å². The van der Waals surface area contributed by atoms with Crippen molar-refractivity contribution in [2.24, 2.45) is 0 Å². The third-order valence-electron chi connectivity index (χ3n) is 0.913. The molecule has 0 aliphatic heterocycles. The Labute approximate surface area is 101 Å². The predicted molar refractivity (Wildman–Crippen MR) is 57.4 cm³/mol. The van der Waals surface area contributed by atoms with Gasteiger partial charge in [0.2, 0.25) is 0 Å². The zero-order valence-electron chi connectivity index (χ0n) is 5.55. The van der Waals surface area contributed by atoms with Gasteiger partial charge in [0.25, 0.3) is 0 Å². The molecule has 0 aromatic carbocycles. The summed E-state index contributed by atoms with van der Waals surface area (Å²) in [7, 11) is 0.750. The van der Waals surface area contributed by atoms with Gasteiger partial charge in [-0.25, -0.2) is 0 Å². The average Bonchev–Trinajstić information content (AvgIpc) is 2.14. The molecular formula is C4BrCl3O3S2. The van der Waals surface area contributed by atoms with E-state index in [9.17, 15) is 8.42 Å². The van der Waals surface area contributed by atoms with Gasteiger partial charge in [-0.15, -0.1) is 11.3 Å². The SMILES string of the molecule is O=S(=O)(Cl)Oc1c(Cl)sc(Cl)c1Br. The van der Waals surface area contributed by atoms with Gasteiger partial charge in [0.15, 0.2) is 5.75 Å². The highest BCUT2D eigenvalue weighted by Crippen LogP contribution is 2.46. The first-order chi connectivity index (χ1) is 5.81. The minimum Gasteiger partial charge on any atom is -0.367 e. The quantitative estimate of drug-likeness (QED) is 0.767. The van der Waals surface area contributed by atoms with Crippen LogP contribution in [0.2, 0.25) is 8.67 Å². The Morgan fingerprint density at radius 3 is 2.15 bits per heavy atom. The number of thiophene rings is 1. The molecule has 0 atom stereocenters. The Balaban J connectivity index is 3.15. The van der Waals surface area contributed by atoms with Crippen LogP contribution in [0.1, 0.15) is 0 Å². The number of hydrogen-bond acceptors (Lipinski definition) is 4. The molecule has 0 unspecified atom stereocenters. The zero-order chi connectivity index (χ0) is 10.2. The van der Waals surface area contributed by atoms with Crippen molar-refractivity contribution in [3.63, 3.8) is 0 Å². The van der Waals surface area contributed by atoms with Gasteiger partial charge in [0.1, 0.15) is 8.67 Å². The first kappa shape index (κ1) is 11.9. The van der Waals surface area contributed by atoms with E-state index in [1.165, 1.54) is 0 Å². The summed E-state index contributed by atoms with van der Waals surface area (Å²) < 4.78 is 26.1. The zero-order valence-corrected chi connectivity index (χ0v) is 11.0. The molecule has 1 aromatic heterocycles. The molecule has 0 spiro atoms. The molecular weight excluding hydrogens is 346 g/mol. The summed E-state index contributed by atoms with van der Waals surface area (Å²) in [5, 5.41) is 0. The van der Waals surface area contributed by atoms with Crippen molar-refractivity contribution in [3.8, 4) is 5.75 Å². The van der Waals surface area contributed by atoms with Crippen LogP contribution in [0, 0.1) is 0 Å². The van der Waals surface area contributed by atoms with Crippen molar-refractivity contribution < 1.29 is 12.6 Å². The van der Waals surface area contributed by atoms with Crippen LogP contribution >= 0.6 is 61.2 Å². The molecule has 0 saturated heterocycles. The van der Waals surface area contributed by atoms with Crippen LogP contribution in [-0.2, 0) is 9.33 Å². The molecule has 0 bridgehead atoms. The Bertz CT molecular complexity index is 426. The summed E-state index contributed by atoms with van der Waals surface area (Å²) in [6, 6.07) is 0. The summed E-state index contributed by atoms with van der Waals surface area (Å²) in [6.07, 6.45) is 0. The van der Waals surface area contributed by atoms with Crippen LogP contribution in [0.25, 0.3) is 0 Å². The van der Waals surface area contributed by atoms with E-state index in [0.717, 1.165) is 11.3 Å². The summed E-state index contributed by atoms with van der Waals surface area (Å²) in [6.45, 7) is 0. The van der Waals surface area contributed by atoms with Gasteiger partial charge in [-0.1, -0.05) is 23.2 Å². The lowest BCUT2D eigenvalue weighted by atomic mass is 10.6. The number of rotatable bonds is 2. The fourth-order valence-corrected chi connectivity index (χ4v) is 3.42. The van der Waals surface area contributed by atoms with Gasteiger partial charge in [-0.3, -0.25) is 0 Å². The highest BCUT2D eigenvalue weighted by atomic mass is 79.9. The molecule has 0 N–H and O–H groups in total. The Kier molecular flexibility index (Phi) is 3.76. The average molecular weight is 346 g/mol. The maximum Gasteiger partial charge on any atom is 0.401 e. The van der Waals surface area contributed by atoms with Gasteiger partial charge in [-0.2, -0.15) is 8.42 Å². The lowest BCUT2D eigenvalue weighted by Gasteiger charge is -1.98. The van der Waals surface area contributed by atoms with E-state index in [0.29, 0.717) is 4.34 Å². The predicted octanol–water partition coefficient (Wildman–Crippen LogP) is 3.68. The molecule has 3 nitrogen and oxygen atoms in total. The van der Waals surface area contributed by atoms with Crippen molar-refractivity contribution in [1.29, 1.82) is 0 Å². The van der Waals surface area contributed by atoms with Crippen LogP contribution in [0.5, 0.6) is 5.75 Å². The molecule has 9 heteroatoms. The topological polar surface area (TPSA) is 43.4 Å². The molecule has 74 valence electrons. The van der Waals surface area contributed by atoms with Crippen LogP contribution in [0.4, 0.5) is 0 Å². The van der Waals surface area contributed by atoms with Crippen molar-refractivity contribution >= 4 is 70.5 Å². The van der Waals surface area contributed by atoms with E-state index in [1.54, 1.807) is 0 Å².